The van der Waals surface area contributed by atoms with Crippen LogP contribution in [-0.2, 0) is 13.0 Å². The van der Waals surface area contributed by atoms with Crippen LogP contribution >= 0.6 is 0 Å². The molecule has 2 aliphatic heterocycles. The zero-order valence-electron chi connectivity index (χ0n) is 16.5. The number of nitrogens with one attached hydrogen (secondary N) is 1. The minimum atomic E-state index is 0.0553. The van der Waals surface area contributed by atoms with Gasteiger partial charge < -0.3 is 15.0 Å². The molecule has 28 heavy (non-hydrogen) atoms. The number of hydrogen-bond donors (Lipinski definition) is 1. The number of hydrogen-bond acceptors (Lipinski definition) is 5. The fraction of sp³-hybridized carbons (Fsp3) is 0.455. The molecule has 2 aliphatic rings. The lowest BCUT2D eigenvalue weighted by atomic mass is 10.1. The van der Waals surface area contributed by atoms with E-state index in [1.54, 1.807) is 7.11 Å². The number of pyridine rings is 1. The third kappa shape index (κ3) is 4.28. The Balaban J connectivity index is 1.37. The second kappa shape index (κ2) is 8.61. The number of rotatable bonds is 4. The Labute approximate surface area is 166 Å². The molecule has 1 saturated heterocycles. The highest BCUT2D eigenvalue weighted by Crippen LogP contribution is 2.21. The zero-order valence-corrected chi connectivity index (χ0v) is 16.5. The maximum Gasteiger partial charge on any atom is 0.272 e. The van der Waals surface area contributed by atoms with Crippen molar-refractivity contribution in [3.63, 3.8) is 0 Å². The summed E-state index contributed by atoms with van der Waals surface area (Å²) in [5.41, 5.74) is 3.94. The fourth-order valence-electron chi connectivity index (χ4n) is 3.93. The van der Waals surface area contributed by atoms with Gasteiger partial charge in [-0.3, -0.25) is 9.69 Å². The number of ether oxygens (including phenoxy) is 1. The Morgan fingerprint density at radius 2 is 1.93 bits per heavy atom. The van der Waals surface area contributed by atoms with Gasteiger partial charge in [-0.05, 0) is 49.1 Å². The highest BCUT2D eigenvalue weighted by atomic mass is 16.5. The Morgan fingerprint density at radius 1 is 1.07 bits per heavy atom. The minimum Gasteiger partial charge on any atom is -0.497 e. The van der Waals surface area contributed by atoms with Crippen molar-refractivity contribution in [1.29, 1.82) is 0 Å². The standard InChI is InChI=1S/C22H28N4O2/c1-28-18-7-5-17(6-8-18)16-25-12-3-13-26(15-14-25)22(27)21-10-9-19-20(24-21)4-2-11-23-19/h5-10,23H,2-4,11-16H2,1H3. The number of nitrogens with zero attached hydrogens (tertiary/aromatic N) is 3. The van der Waals surface area contributed by atoms with Crippen molar-refractivity contribution >= 4 is 11.6 Å². The van der Waals surface area contributed by atoms with Crippen LogP contribution in [-0.4, -0.2) is 60.5 Å². The number of fused-ring (bicyclic) bond motifs is 1. The van der Waals surface area contributed by atoms with Gasteiger partial charge in [0.2, 0.25) is 0 Å². The van der Waals surface area contributed by atoms with Crippen LogP contribution in [0.4, 0.5) is 5.69 Å². The number of amides is 1. The zero-order chi connectivity index (χ0) is 19.3. The van der Waals surface area contributed by atoms with Crippen molar-refractivity contribution in [2.24, 2.45) is 0 Å². The van der Waals surface area contributed by atoms with Gasteiger partial charge in [-0.2, -0.15) is 0 Å². The summed E-state index contributed by atoms with van der Waals surface area (Å²) in [5, 5.41) is 3.35. The van der Waals surface area contributed by atoms with Gasteiger partial charge in [-0.15, -0.1) is 0 Å². The van der Waals surface area contributed by atoms with Gasteiger partial charge in [0.1, 0.15) is 11.4 Å². The first-order valence-electron chi connectivity index (χ1n) is 10.1. The maximum absolute atomic E-state index is 13.0. The predicted molar refractivity (Wildman–Crippen MR) is 110 cm³/mol. The second-order valence-corrected chi connectivity index (χ2v) is 7.49. The van der Waals surface area contributed by atoms with E-state index in [2.05, 4.69) is 27.3 Å². The lowest BCUT2D eigenvalue weighted by Crippen LogP contribution is -2.35. The van der Waals surface area contributed by atoms with Crippen LogP contribution in [0.1, 0.15) is 34.6 Å². The van der Waals surface area contributed by atoms with Gasteiger partial charge in [0.05, 0.1) is 18.5 Å². The molecule has 1 aromatic carbocycles. The van der Waals surface area contributed by atoms with Crippen LogP contribution in [0.5, 0.6) is 5.75 Å². The third-order valence-electron chi connectivity index (χ3n) is 5.54. The van der Waals surface area contributed by atoms with E-state index in [9.17, 15) is 4.79 Å². The number of aromatic nitrogens is 1. The van der Waals surface area contributed by atoms with Crippen molar-refractivity contribution in [3.05, 3.63) is 53.3 Å². The third-order valence-corrected chi connectivity index (χ3v) is 5.54. The van der Waals surface area contributed by atoms with Crippen LogP contribution in [0, 0.1) is 0 Å². The lowest BCUT2D eigenvalue weighted by molar-refractivity contribution is 0.0755. The second-order valence-electron chi connectivity index (χ2n) is 7.49. The van der Waals surface area contributed by atoms with E-state index in [0.717, 1.165) is 75.7 Å². The van der Waals surface area contributed by atoms with Crippen LogP contribution in [0.15, 0.2) is 36.4 Å². The van der Waals surface area contributed by atoms with Crippen molar-refractivity contribution in [1.82, 2.24) is 14.8 Å². The molecule has 0 radical (unpaired) electrons. The number of aryl methyl sites for hydroxylation is 1. The summed E-state index contributed by atoms with van der Waals surface area (Å²) in [4.78, 5) is 22.0. The van der Waals surface area contributed by atoms with E-state index in [-0.39, 0.29) is 5.91 Å². The molecule has 148 valence electrons. The topological polar surface area (TPSA) is 57.7 Å². The summed E-state index contributed by atoms with van der Waals surface area (Å²) >= 11 is 0. The van der Waals surface area contributed by atoms with Crippen LogP contribution in [0.3, 0.4) is 0 Å². The molecule has 0 bridgehead atoms. The van der Waals surface area contributed by atoms with E-state index < -0.39 is 0 Å². The largest absolute Gasteiger partial charge is 0.497 e. The maximum atomic E-state index is 13.0. The highest BCUT2D eigenvalue weighted by Gasteiger charge is 2.22. The Kier molecular flexibility index (Phi) is 5.76. The molecule has 0 aliphatic carbocycles. The smallest absolute Gasteiger partial charge is 0.272 e. The van der Waals surface area contributed by atoms with Crippen molar-refractivity contribution in [2.45, 2.75) is 25.8 Å². The van der Waals surface area contributed by atoms with Crippen molar-refractivity contribution in [3.8, 4) is 5.75 Å². The molecule has 1 fully saturated rings. The summed E-state index contributed by atoms with van der Waals surface area (Å²) in [6, 6.07) is 12.1. The van der Waals surface area contributed by atoms with Crippen LogP contribution < -0.4 is 10.1 Å². The molecule has 4 rings (SSSR count). The molecule has 0 spiro atoms. The molecule has 6 heteroatoms. The van der Waals surface area contributed by atoms with E-state index >= 15 is 0 Å². The number of carbonyl (C=O) groups is 1. The van der Waals surface area contributed by atoms with Gasteiger partial charge in [0.25, 0.3) is 5.91 Å². The van der Waals surface area contributed by atoms with Crippen molar-refractivity contribution in [2.75, 3.05) is 45.2 Å². The van der Waals surface area contributed by atoms with Crippen LogP contribution in [0.25, 0.3) is 0 Å². The molecule has 1 amide bonds. The predicted octanol–water partition coefficient (Wildman–Crippen LogP) is 2.80. The molecule has 6 nitrogen and oxygen atoms in total. The normalized spacial score (nSPS) is 17.4. The number of benzene rings is 1. The average Bonchev–Trinajstić information content (AvgIpc) is 2.99. The molecule has 3 heterocycles. The molecule has 1 N–H and O–H groups in total. The van der Waals surface area contributed by atoms with Gasteiger partial charge in [-0.1, -0.05) is 12.1 Å². The fourth-order valence-corrected chi connectivity index (χ4v) is 3.93. The summed E-state index contributed by atoms with van der Waals surface area (Å²) in [6.45, 7) is 5.29. The Hall–Kier alpha value is -2.60. The summed E-state index contributed by atoms with van der Waals surface area (Å²) in [6.07, 6.45) is 3.00. The highest BCUT2D eigenvalue weighted by molar-refractivity contribution is 5.92. The first-order valence-corrected chi connectivity index (χ1v) is 10.1. The molecule has 0 unspecified atom stereocenters. The van der Waals surface area contributed by atoms with E-state index in [0.29, 0.717) is 5.69 Å². The SMILES string of the molecule is COc1ccc(CN2CCCN(C(=O)c3ccc4c(n3)CCCN4)CC2)cc1. The molecule has 0 saturated carbocycles. The summed E-state index contributed by atoms with van der Waals surface area (Å²) in [7, 11) is 1.68. The monoisotopic (exact) mass is 380 g/mol. The molecule has 2 aromatic rings. The van der Waals surface area contributed by atoms with Gasteiger partial charge in [-0.25, -0.2) is 4.98 Å². The number of methoxy groups -OCH3 is 1. The summed E-state index contributed by atoms with van der Waals surface area (Å²) < 4.78 is 5.23. The number of anilines is 1. The molecule has 1 aromatic heterocycles. The van der Waals surface area contributed by atoms with E-state index in [1.807, 2.05) is 29.2 Å². The molecular formula is C22H28N4O2. The summed E-state index contributed by atoms with van der Waals surface area (Å²) in [5.74, 6) is 0.934. The Bertz CT molecular complexity index is 822. The first kappa shape index (κ1) is 18.7. The minimum absolute atomic E-state index is 0.0553. The van der Waals surface area contributed by atoms with E-state index in [1.165, 1.54) is 5.56 Å². The van der Waals surface area contributed by atoms with Crippen LogP contribution in [0.2, 0.25) is 0 Å². The quantitative estimate of drug-likeness (QED) is 0.884. The lowest BCUT2D eigenvalue weighted by Gasteiger charge is -2.23. The van der Waals surface area contributed by atoms with E-state index in [4.69, 9.17) is 4.74 Å². The van der Waals surface area contributed by atoms with Gasteiger partial charge in [0, 0.05) is 39.3 Å². The Morgan fingerprint density at radius 3 is 2.75 bits per heavy atom. The van der Waals surface area contributed by atoms with Crippen molar-refractivity contribution < 1.29 is 9.53 Å². The number of carbonyl (C=O) groups excluding carboxylic acids is 1. The van der Waals surface area contributed by atoms with Gasteiger partial charge >= 0.3 is 0 Å². The molecular weight excluding hydrogens is 352 g/mol. The molecule has 0 atom stereocenters. The average molecular weight is 380 g/mol. The first-order chi connectivity index (χ1) is 13.7. The van der Waals surface area contributed by atoms with Gasteiger partial charge in [0.15, 0.2) is 0 Å².